The van der Waals surface area contributed by atoms with Crippen LogP contribution in [0.4, 0.5) is 11.4 Å². The van der Waals surface area contributed by atoms with Gasteiger partial charge in [-0.2, -0.15) is 0 Å². The summed E-state index contributed by atoms with van der Waals surface area (Å²) >= 11 is 2.92. The van der Waals surface area contributed by atoms with E-state index in [-0.39, 0.29) is 17.6 Å². The SMILES string of the molecule is COc1ccccc1NC(=O)c1ccc(NC(=O)CSc2n[nH]c(Cc3cccs3)n2)cc1. The van der Waals surface area contributed by atoms with Crippen LogP contribution in [-0.4, -0.2) is 39.9 Å². The van der Waals surface area contributed by atoms with Crippen LogP contribution < -0.4 is 15.4 Å². The van der Waals surface area contributed by atoms with Crippen LogP contribution in [0.1, 0.15) is 21.1 Å². The van der Waals surface area contributed by atoms with Gasteiger partial charge in [-0.1, -0.05) is 30.0 Å². The molecule has 10 heteroatoms. The zero-order valence-corrected chi connectivity index (χ0v) is 19.3. The summed E-state index contributed by atoms with van der Waals surface area (Å²) in [5.74, 6) is 1.07. The van der Waals surface area contributed by atoms with Crippen LogP contribution in [0.25, 0.3) is 0 Å². The van der Waals surface area contributed by atoms with Gasteiger partial charge >= 0.3 is 0 Å². The summed E-state index contributed by atoms with van der Waals surface area (Å²) in [6, 6.07) is 17.9. The van der Waals surface area contributed by atoms with Gasteiger partial charge in [0.2, 0.25) is 11.1 Å². The Balaban J connectivity index is 1.26. The predicted molar refractivity (Wildman–Crippen MR) is 130 cm³/mol. The van der Waals surface area contributed by atoms with Crippen molar-refractivity contribution in [2.75, 3.05) is 23.5 Å². The van der Waals surface area contributed by atoms with Gasteiger partial charge in [0, 0.05) is 22.5 Å². The van der Waals surface area contributed by atoms with E-state index in [2.05, 4.69) is 25.8 Å². The molecule has 2 aromatic heterocycles. The highest BCUT2D eigenvalue weighted by Crippen LogP contribution is 2.24. The lowest BCUT2D eigenvalue weighted by molar-refractivity contribution is -0.113. The number of hydrogen-bond acceptors (Lipinski definition) is 7. The Labute approximate surface area is 198 Å². The normalized spacial score (nSPS) is 10.6. The molecule has 0 saturated carbocycles. The lowest BCUT2D eigenvalue weighted by atomic mass is 10.2. The molecule has 168 valence electrons. The molecular weight excluding hydrogens is 458 g/mol. The fraction of sp³-hybridized carbons (Fsp3) is 0.130. The number of anilines is 2. The number of thiophene rings is 1. The number of carbonyl (C=O) groups excluding carboxylic acids is 2. The molecule has 0 bridgehead atoms. The molecule has 4 aromatic rings. The van der Waals surface area contributed by atoms with Gasteiger partial charge in [-0.05, 0) is 47.8 Å². The van der Waals surface area contributed by atoms with Gasteiger partial charge in [0.05, 0.1) is 18.6 Å². The van der Waals surface area contributed by atoms with Crippen LogP contribution in [0.3, 0.4) is 0 Å². The third kappa shape index (κ3) is 6.21. The Kier molecular flexibility index (Phi) is 7.38. The number of nitrogens with one attached hydrogen (secondary N) is 3. The van der Waals surface area contributed by atoms with Crippen molar-refractivity contribution in [3.05, 3.63) is 82.3 Å². The summed E-state index contributed by atoms with van der Waals surface area (Å²) < 4.78 is 5.25. The molecule has 33 heavy (non-hydrogen) atoms. The Morgan fingerprint density at radius 1 is 1.06 bits per heavy atom. The highest BCUT2D eigenvalue weighted by molar-refractivity contribution is 7.99. The van der Waals surface area contributed by atoms with Crippen LogP contribution in [0.15, 0.2) is 71.2 Å². The molecule has 0 aliphatic carbocycles. The number of aromatic nitrogens is 3. The maximum Gasteiger partial charge on any atom is 0.255 e. The summed E-state index contributed by atoms with van der Waals surface area (Å²) in [4.78, 5) is 30.4. The number of nitrogens with zero attached hydrogens (tertiary/aromatic N) is 2. The number of methoxy groups -OCH3 is 1. The number of thioether (sulfide) groups is 1. The second-order valence-corrected chi connectivity index (χ2v) is 8.86. The second kappa shape index (κ2) is 10.8. The molecule has 8 nitrogen and oxygen atoms in total. The molecule has 0 unspecified atom stereocenters. The Hall–Kier alpha value is -3.63. The molecule has 0 radical (unpaired) electrons. The first kappa shape index (κ1) is 22.6. The van der Waals surface area contributed by atoms with E-state index >= 15 is 0 Å². The van der Waals surface area contributed by atoms with Crippen LogP contribution in [0.2, 0.25) is 0 Å². The van der Waals surface area contributed by atoms with E-state index in [1.165, 1.54) is 16.6 Å². The van der Waals surface area contributed by atoms with Crippen LogP contribution >= 0.6 is 23.1 Å². The van der Waals surface area contributed by atoms with Gasteiger partial charge in [0.25, 0.3) is 5.91 Å². The van der Waals surface area contributed by atoms with Gasteiger partial charge < -0.3 is 15.4 Å². The highest BCUT2D eigenvalue weighted by atomic mass is 32.2. The maximum atomic E-state index is 12.5. The minimum absolute atomic E-state index is 0.173. The lowest BCUT2D eigenvalue weighted by Crippen LogP contribution is -2.15. The first-order chi connectivity index (χ1) is 16.1. The molecular formula is C23H21N5O3S2. The molecule has 0 spiro atoms. The monoisotopic (exact) mass is 479 g/mol. The molecule has 0 aliphatic rings. The quantitative estimate of drug-likeness (QED) is 0.306. The molecule has 2 aromatic carbocycles. The van der Waals surface area contributed by atoms with E-state index in [0.29, 0.717) is 34.3 Å². The zero-order valence-electron chi connectivity index (χ0n) is 17.7. The van der Waals surface area contributed by atoms with Crippen molar-refractivity contribution in [2.24, 2.45) is 0 Å². The van der Waals surface area contributed by atoms with Crippen LogP contribution in [0.5, 0.6) is 5.75 Å². The maximum absolute atomic E-state index is 12.5. The molecule has 2 amide bonds. The minimum atomic E-state index is -0.268. The van der Waals surface area contributed by atoms with Crippen molar-refractivity contribution in [1.29, 1.82) is 0 Å². The third-order valence-electron chi connectivity index (χ3n) is 4.55. The number of hydrogen-bond donors (Lipinski definition) is 3. The molecule has 0 atom stereocenters. The average Bonchev–Trinajstić information content (AvgIpc) is 3.51. The van der Waals surface area contributed by atoms with E-state index in [4.69, 9.17) is 4.74 Å². The molecule has 0 saturated heterocycles. The largest absolute Gasteiger partial charge is 0.495 e. The Morgan fingerprint density at radius 3 is 2.64 bits per heavy atom. The molecule has 4 rings (SSSR count). The number of benzene rings is 2. The van der Waals surface area contributed by atoms with Crippen molar-refractivity contribution >= 4 is 46.3 Å². The summed E-state index contributed by atoms with van der Waals surface area (Å²) in [6.07, 6.45) is 0.689. The number of amides is 2. The fourth-order valence-corrected chi connectivity index (χ4v) is 4.30. The average molecular weight is 480 g/mol. The molecule has 0 aliphatic heterocycles. The molecule has 3 N–H and O–H groups in total. The van der Waals surface area contributed by atoms with E-state index in [1.54, 1.807) is 54.8 Å². The van der Waals surface area contributed by atoms with Crippen molar-refractivity contribution in [3.8, 4) is 5.75 Å². The number of H-pyrrole nitrogens is 1. The highest BCUT2D eigenvalue weighted by Gasteiger charge is 2.11. The van der Waals surface area contributed by atoms with Gasteiger partial charge in [-0.15, -0.1) is 16.4 Å². The van der Waals surface area contributed by atoms with Crippen molar-refractivity contribution in [2.45, 2.75) is 11.6 Å². The third-order valence-corrected chi connectivity index (χ3v) is 6.28. The smallest absolute Gasteiger partial charge is 0.255 e. The summed E-state index contributed by atoms with van der Waals surface area (Å²) in [5.41, 5.74) is 1.65. The van der Waals surface area contributed by atoms with Crippen LogP contribution in [-0.2, 0) is 11.2 Å². The van der Waals surface area contributed by atoms with Crippen molar-refractivity contribution < 1.29 is 14.3 Å². The molecule has 0 fully saturated rings. The predicted octanol–water partition coefficient (Wildman–Crippen LogP) is 4.45. The van der Waals surface area contributed by atoms with E-state index in [9.17, 15) is 9.59 Å². The lowest BCUT2D eigenvalue weighted by Gasteiger charge is -2.10. The van der Waals surface area contributed by atoms with Gasteiger partial charge in [-0.25, -0.2) is 4.98 Å². The number of para-hydroxylation sites is 2. The summed E-state index contributed by atoms with van der Waals surface area (Å²) in [5, 5.41) is 15.2. The van der Waals surface area contributed by atoms with E-state index in [0.717, 1.165) is 5.82 Å². The van der Waals surface area contributed by atoms with Gasteiger partial charge in [0.15, 0.2) is 0 Å². The Bertz CT molecular complexity index is 1220. The van der Waals surface area contributed by atoms with Gasteiger partial charge in [0.1, 0.15) is 11.6 Å². The van der Waals surface area contributed by atoms with Crippen molar-refractivity contribution in [1.82, 2.24) is 15.2 Å². The minimum Gasteiger partial charge on any atom is -0.495 e. The number of carbonyl (C=O) groups is 2. The van der Waals surface area contributed by atoms with Crippen LogP contribution in [0, 0.1) is 0 Å². The van der Waals surface area contributed by atoms with E-state index < -0.39 is 0 Å². The van der Waals surface area contributed by atoms with E-state index in [1.807, 2.05) is 29.6 Å². The van der Waals surface area contributed by atoms with Gasteiger partial charge in [-0.3, -0.25) is 14.7 Å². The fourth-order valence-electron chi connectivity index (χ4n) is 2.97. The standard InChI is InChI=1S/C23H21N5O3S2/c1-31-19-7-3-2-6-18(19)25-22(30)15-8-10-16(11-9-15)24-21(29)14-33-23-26-20(27-28-23)13-17-5-4-12-32-17/h2-12H,13-14H2,1H3,(H,24,29)(H,25,30)(H,26,27,28). The first-order valence-corrected chi connectivity index (χ1v) is 11.9. The van der Waals surface area contributed by atoms with Crippen molar-refractivity contribution in [3.63, 3.8) is 0 Å². The summed E-state index contributed by atoms with van der Waals surface area (Å²) in [6.45, 7) is 0. The Morgan fingerprint density at radius 2 is 1.88 bits per heavy atom. The number of rotatable bonds is 9. The second-order valence-electron chi connectivity index (χ2n) is 6.89. The first-order valence-electron chi connectivity index (χ1n) is 10.0. The number of aromatic amines is 1. The number of ether oxygens (including phenoxy) is 1. The zero-order chi connectivity index (χ0) is 23.0. The topological polar surface area (TPSA) is 109 Å². The summed E-state index contributed by atoms with van der Waals surface area (Å²) in [7, 11) is 1.55. The molecule has 2 heterocycles.